The first-order chi connectivity index (χ1) is 4.70. The highest BCUT2D eigenvalue weighted by molar-refractivity contribution is 5.65. The summed E-state index contributed by atoms with van der Waals surface area (Å²) in [6.07, 6.45) is 0.315. The highest BCUT2D eigenvalue weighted by atomic mass is 16.6. The van der Waals surface area contributed by atoms with Gasteiger partial charge in [0, 0.05) is 0 Å². The number of rotatable bonds is 3. The van der Waals surface area contributed by atoms with Crippen molar-refractivity contribution in [2.24, 2.45) is 10.7 Å². The second-order valence-corrected chi connectivity index (χ2v) is 1.28. The van der Waals surface area contributed by atoms with E-state index < -0.39 is 12.3 Å². The number of nitrogens with two attached hydrogens (primary N) is 1. The summed E-state index contributed by atoms with van der Waals surface area (Å²) in [4.78, 5) is 22.6. The number of aliphatic imine (C=N–C) groups is 1. The standard InChI is InChI=1S/C5H6N2O3/c1-2-4(7-3-8)10-5(6)9/h2,4H,1H2,(H2,6,9). The van der Waals surface area contributed by atoms with E-state index in [1.165, 1.54) is 6.08 Å². The van der Waals surface area contributed by atoms with Crippen LogP contribution in [0.5, 0.6) is 0 Å². The Morgan fingerprint density at radius 1 is 1.90 bits per heavy atom. The van der Waals surface area contributed by atoms with Gasteiger partial charge in [-0.25, -0.2) is 9.59 Å². The van der Waals surface area contributed by atoms with Gasteiger partial charge in [-0.1, -0.05) is 6.58 Å². The molecule has 0 aliphatic carbocycles. The Morgan fingerprint density at radius 3 is 2.80 bits per heavy atom. The fraction of sp³-hybridized carbons (Fsp3) is 0.200. The lowest BCUT2D eigenvalue weighted by molar-refractivity contribution is 0.133. The van der Waals surface area contributed by atoms with E-state index >= 15 is 0 Å². The number of hydrogen-bond acceptors (Lipinski definition) is 4. The van der Waals surface area contributed by atoms with Gasteiger partial charge in [-0.2, -0.15) is 4.99 Å². The molecule has 54 valence electrons. The summed E-state index contributed by atoms with van der Waals surface area (Å²) in [6, 6.07) is 0. The van der Waals surface area contributed by atoms with Crippen molar-refractivity contribution in [3.8, 4) is 0 Å². The van der Waals surface area contributed by atoms with Gasteiger partial charge in [0.1, 0.15) is 0 Å². The summed E-state index contributed by atoms with van der Waals surface area (Å²) in [7, 11) is 0. The number of primary amides is 1. The van der Waals surface area contributed by atoms with Crippen molar-refractivity contribution in [3.05, 3.63) is 12.7 Å². The number of carbonyl (C=O) groups is 1. The molecule has 0 heterocycles. The second-order valence-electron chi connectivity index (χ2n) is 1.28. The van der Waals surface area contributed by atoms with Crippen molar-refractivity contribution < 1.29 is 14.3 Å². The molecule has 1 amide bonds. The van der Waals surface area contributed by atoms with E-state index in [1.807, 2.05) is 0 Å². The lowest BCUT2D eigenvalue weighted by Gasteiger charge is -2.02. The van der Waals surface area contributed by atoms with Gasteiger partial charge in [-0.3, -0.25) is 0 Å². The average Bonchev–Trinajstić information content (AvgIpc) is 1.86. The molecule has 0 saturated carbocycles. The predicted molar refractivity (Wildman–Crippen MR) is 32.8 cm³/mol. The minimum Gasteiger partial charge on any atom is -0.419 e. The Morgan fingerprint density at radius 2 is 2.50 bits per heavy atom. The third-order valence-corrected chi connectivity index (χ3v) is 0.618. The monoisotopic (exact) mass is 142 g/mol. The molecule has 0 radical (unpaired) electrons. The summed E-state index contributed by atoms with van der Waals surface area (Å²) in [6.45, 7) is 3.23. The van der Waals surface area contributed by atoms with Crippen LogP contribution in [0.3, 0.4) is 0 Å². The van der Waals surface area contributed by atoms with Crippen LogP contribution in [0.1, 0.15) is 0 Å². The largest absolute Gasteiger partial charge is 0.419 e. The van der Waals surface area contributed by atoms with Gasteiger partial charge in [0.25, 0.3) is 0 Å². The Labute approximate surface area is 57.2 Å². The molecule has 1 atom stereocenters. The van der Waals surface area contributed by atoms with Gasteiger partial charge in [0.2, 0.25) is 12.3 Å². The van der Waals surface area contributed by atoms with Gasteiger partial charge in [-0.15, -0.1) is 0 Å². The van der Waals surface area contributed by atoms with E-state index in [0.717, 1.165) is 6.08 Å². The molecule has 0 fully saturated rings. The van der Waals surface area contributed by atoms with Crippen LogP contribution < -0.4 is 5.73 Å². The summed E-state index contributed by atoms with van der Waals surface area (Å²) < 4.78 is 4.23. The van der Waals surface area contributed by atoms with Crippen molar-refractivity contribution in [1.82, 2.24) is 0 Å². The first-order valence-corrected chi connectivity index (χ1v) is 2.36. The van der Waals surface area contributed by atoms with E-state index in [-0.39, 0.29) is 0 Å². The Hall–Kier alpha value is -1.61. The van der Waals surface area contributed by atoms with Crippen LogP contribution in [0.15, 0.2) is 17.6 Å². The molecule has 1 unspecified atom stereocenters. The molecule has 0 rings (SSSR count). The summed E-state index contributed by atoms with van der Waals surface area (Å²) >= 11 is 0. The van der Waals surface area contributed by atoms with Crippen molar-refractivity contribution in [3.63, 3.8) is 0 Å². The van der Waals surface area contributed by atoms with Crippen LogP contribution in [-0.2, 0) is 9.53 Å². The van der Waals surface area contributed by atoms with Gasteiger partial charge in [0.05, 0.1) is 0 Å². The molecule has 0 aliphatic heterocycles. The van der Waals surface area contributed by atoms with Gasteiger partial charge in [0.15, 0.2) is 0 Å². The second kappa shape index (κ2) is 4.29. The summed E-state index contributed by atoms with van der Waals surface area (Å²) in [5.41, 5.74) is 4.60. The SMILES string of the molecule is C=CC(N=C=O)OC(N)=O. The third-order valence-electron chi connectivity index (χ3n) is 0.618. The normalized spacial score (nSPS) is 10.8. The number of nitrogens with zero attached hydrogens (tertiary/aromatic N) is 1. The molecule has 0 aliphatic rings. The molecular formula is C5H6N2O3. The van der Waals surface area contributed by atoms with Crippen LogP contribution in [-0.4, -0.2) is 18.4 Å². The molecule has 0 aromatic rings. The molecule has 5 heteroatoms. The minimum atomic E-state index is -1.02. The average molecular weight is 142 g/mol. The fourth-order valence-electron chi connectivity index (χ4n) is 0.298. The highest BCUT2D eigenvalue weighted by Gasteiger charge is 2.03. The number of isocyanates is 1. The maximum atomic E-state index is 10.0. The maximum absolute atomic E-state index is 10.0. The maximum Gasteiger partial charge on any atom is 0.406 e. The predicted octanol–water partition coefficient (Wildman–Crippen LogP) is -0.0704. The van der Waals surface area contributed by atoms with Gasteiger partial charge >= 0.3 is 6.09 Å². The van der Waals surface area contributed by atoms with E-state index in [9.17, 15) is 9.59 Å². The van der Waals surface area contributed by atoms with E-state index in [0.29, 0.717) is 0 Å². The number of amides is 1. The highest BCUT2D eigenvalue weighted by Crippen LogP contribution is 1.92. The smallest absolute Gasteiger partial charge is 0.406 e. The molecule has 0 spiro atoms. The summed E-state index contributed by atoms with van der Waals surface area (Å²) in [5.74, 6) is 0. The van der Waals surface area contributed by atoms with Crippen LogP contribution in [0.4, 0.5) is 4.79 Å². The lowest BCUT2D eigenvalue weighted by atomic mass is 10.6. The van der Waals surface area contributed by atoms with Crippen molar-refractivity contribution in [1.29, 1.82) is 0 Å². The first-order valence-electron chi connectivity index (χ1n) is 2.36. The molecule has 0 aromatic carbocycles. The molecule has 10 heavy (non-hydrogen) atoms. The quantitative estimate of drug-likeness (QED) is 0.340. The molecule has 5 nitrogen and oxygen atoms in total. The minimum absolute atomic E-state index is 1.01. The molecular weight excluding hydrogens is 136 g/mol. The van der Waals surface area contributed by atoms with E-state index in [4.69, 9.17) is 0 Å². The summed E-state index contributed by atoms with van der Waals surface area (Å²) in [5, 5.41) is 0. The Balaban J connectivity index is 3.95. The zero-order valence-electron chi connectivity index (χ0n) is 5.11. The zero-order valence-corrected chi connectivity index (χ0v) is 5.11. The van der Waals surface area contributed by atoms with Crippen molar-refractivity contribution >= 4 is 12.2 Å². The molecule has 2 N–H and O–H groups in total. The number of hydrogen-bond donors (Lipinski definition) is 1. The van der Waals surface area contributed by atoms with E-state index in [2.05, 4.69) is 22.0 Å². The third kappa shape index (κ3) is 3.40. The van der Waals surface area contributed by atoms with Crippen LogP contribution >= 0.6 is 0 Å². The topological polar surface area (TPSA) is 81.8 Å². The van der Waals surface area contributed by atoms with Crippen molar-refractivity contribution in [2.75, 3.05) is 0 Å². The molecule has 0 saturated heterocycles. The number of ether oxygens (including phenoxy) is 1. The molecule has 0 bridgehead atoms. The van der Waals surface area contributed by atoms with Crippen LogP contribution in [0, 0.1) is 0 Å². The fourth-order valence-corrected chi connectivity index (χ4v) is 0.298. The van der Waals surface area contributed by atoms with E-state index in [1.54, 1.807) is 0 Å². The van der Waals surface area contributed by atoms with Crippen LogP contribution in [0.25, 0.3) is 0 Å². The van der Waals surface area contributed by atoms with Gasteiger partial charge in [-0.05, 0) is 6.08 Å². The molecule has 0 aromatic heterocycles. The Bertz CT molecular complexity index is 183. The van der Waals surface area contributed by atoms with Gasteiger partial charge < -0.3 is 10.5 Å². The zero-order chi connectivity index (χ0) is 7.98. The van der Waals surface area contributed by atoms with Crippen molar-refractivity contribution in [2.45, 2.75) is 6.23 Å². The van der Waals surface area contributed by atoms with Crippen LogP contribution in [0.2, 0.25) is 0 Å². The Kier molecular flexibility index (Phi) is 3.60. The number of carbonyl (C=O) groups excluding carboxylic acids is 2. The lowest BCUT2D eigenvalue weighted by Crippen LogP contribution is -2.19. The first kappa shape index (κ1) is 8.39.